The predicted molar refractivity (Wildman–Crippen MR) is 65.1 cm³/mol. The van der Waals surface area contributed by atoms with Crippen molar-refractivity contribution in [1.82, 2.24) is 5.32 Å². The summed E-state index contributed by atoms with van der Waals surface area (Å²) in [7, 11) is 0. The molecule has 2 unspecified atom stereocenters. The molecule has 2 aliphatic rings. The average molecular weight is 235 g/mol. The molecule has 2 aliphatic heterocycles. The van der Waals surface area contributed by atoms with Crippen molar-refractivity contribution in [2.75, 3.05) is 19.7 Å². The second-order valence-corrected chi connectivity index (χ2v) is 4.94. The van der Waals surface area contributed by atoms with Crippen molar-refractivity contribution in [2.45, 2.75) is 25.4 Å². The Kier molecular flexibility index (Phi) is 3.02. The molecule has 3 heteroatoms. The largest absolute Gasteiger partial charge is 0.493 e. The molecule has 0 bridgehead atoms. The molecular weight excluding hydrogens is 217 g/mol. The minimum atomic E-state index is -0.893. The third-order valence-electron chi connectivity index (χ3n) is 3.79. The molecule has 0 spiro atoms. The quantitative estimate of drug-likeness (QED) is 0.851. The fourth-order valence-corrected chi connectivity index (χ4v) is 2.84. The van der Waals surface area contributed by atoms with Crippen LogP contribution in [0.1, 0.15) is 30.1 Å². The molecule has 2 nitrogen and oxygen atoms in total. The summed E-state index contributed by atoms with van der Waals surface area (Å²) in [5.41, 5.74) is 1.92. The smallest absolute Gasteiger partial charge is 0.133 e. The fraction of sp³-hybridized carbons (Fsp3) is 0.571. The number of ether oxygens (including phenoxy) is 1. The van der Waals surface area contributed by atoms with Crippen molar-refractivity contribution in [1.29, 1.82) is 0 Å². The van der Waals surface area contributed by atoms with Crippen LogP contribution in [0.15, 0.2) is 18.2 Å². The van der Waals surface area contributed by atoms with Gasteiger partial charge < -0.3 is 10.1 Å². The third-order valence-corrected chi connectivity index (χ3v) is 3.79. The van der Waals surface area contributed by atoms with Crippen LogP contribution in [0, 0.1) is 5.92 Å². The van der Waals surface area contributed by atoms with Crippen molar-refractivity contribution < 1.29 is 9.13 Å². The summed E-state index contributed by atoms with van der Waals surface area (Å²) in [5.74, 6) is 0.907. The fourth-order valence-electron chi connectivity index (χ4n) is 2.84. The molecule has 2 atom stereocenters. The molecule has 92 valence electrons. The molecule has 3 rings (SSSR count). The Labute approximate surface area is 101 Å². The minimum Gasteiger partial charge on any atom is -0.493 e. The van der Waals surface area contributed by atoms with Gasteiger partial charge in [-0.15, -0.1) is 0 Å². The SMILES string of the molecule is FC(c1cccc2c1OCC2)C1CCCNC1. The van der Waals surface area contributed by atoms with Crippen LogP contribution in [0.3, 0.4) is 0 Å². The Morgan fingerprint density at radius 1 is 1.41 bits per heavy atom. The molecule has 1 N–H and O–H groups in total. The maximum absolute atomic E-state index is 14.6. The van der Waals surface area contributed by atoms with Crippen LogP contribution in [0.25, 0.3) is 0 Å². The number of nitrogens with one attached hydrogen (secondary N) is 1. The summed E-state index contributed by atoms with van der Waals surface area (Å²) < 4.78 is 20.1. The Morgan fingerprint density at radius 3 is 3.18 bits per heavy atom. The van der Waals surface area contributed by atoms with E-state index in [4.69, 9.17) is 4.74 Å². The van der Waals surface area contributed by atoms with E-state index in [1.807, 2.05) is 18.2 Å². The second kappa shape index (κ2) is 4.65. The van der Waals surface area contributed by atoms with Gasteiger partial charge in [-0.2, -0.15) is 0 Å². The predicted octanol–water partition coefficient (Wildman–Crippen LogP) is 2.63. The van der Waals surface area contributed by atoms with Crippen LogP contribution in [-0.2, 0) is 6.42 Å². The standard InChI is InChI=1S/C14H18FNO/c15-13(11-4-2-7-16-9-11)12-5-1-3-10-6-8-17-14(10)12/h1,3,5,11,13,16H,2,4,6-9H2. The van der Waals surface area contributed by atoms with E-state index in [2.05, 4.69) is 5.32 Å². The molecule has 0 radical (unpaired) electrons. The maximum atomic E-state index is 14.6. The summed E-state index contributed by atoms with van der Waals surface area (Å²) in [4.78, 5) is 0. The van der Waals surface area contributed by atoms with Crippen molar-refractivity contribution in [3.63, 3.8) is 0 Å². The molecule has 2 heterocycles. The second-order valence-electron chi connectivity index (χ2n) is 4.94. The zero-order valence-corrected chi connectivity index (χ0v) is 9.92. The summed E-state index contributed by atoms with van der Waals surface area (Å²) in [6.07, 6.45) is 2.06. The molecule has 17 heavy (non-hydrogen) atoms. The monoisotopic (exact) mass is 235 g/mol. The van der Waals surface area contributed by atoms with Crippen LogP contribution in [0.2, 0.25) is 0 Å². The zero-order valence-electron chi connectivity index (χ0n) is 9.92. The summed E-state index contributed by atoms with van der Waals surface area (Å²) >= 11 is 0. The molecule has 0 aliphatic carbocycles. The first-order chi connectivity index (χ1) is 8.36. The third kappa shape index (κ3) is 2.04. The Hall–Kier alpha value is -1.09. The van der Waals surface area contributed by atoms with Gasteiger partial charge in [-0.3, -0.25) is 0 Å². The van der Waals surface area contributed by atoms with E-state index in [0.29, 0.717) is 6.61 Å². The maximum Gasteiger partial charge on any atom is 0.133 e. The van der Waals surface area contributed by atoms with E-state index in [0.717, 1.165) is 49.2 Å². The summed E-state index contributed by atoms with van der Waals surface area (Å²) in [5, 5.41) is 3.27. The van der Waals surface area contributed by atoms with Crippen LogP contribution >= 0.6 is 0 Å². The van der Waals surface area contributed by atoms with E-state index in [1.54, 1.807) is 0 Å². The minimum absolute atomic E-state index is 0.0967. The van der Waals surface area contributed by atoms with Gasteiger partial charge in [0.15, 0.2) is 0 Å². The number of piperidine rings is 1. The van der Waals surface area contributed by atoms with Crippen LogP contribution < -0.4 is 10.1 Å². The van der Waals surface area contributed by atoms with Crippen molar-refractivity contribution in [3.05, 3.63) is 29.3 Å². The number of para-hydroxylation sites is 1. The van der Waals surface area contributed by atoms with Crippen LogP contribution in [0.4, 0.5) is 4.39 Å². The Bertz CT molecular complexity index is 401. The number of fused-ring (bicyclic) bond motifs is 1. The van der Waals surface area contributed by atoms with Gasteiger partial charge >= 0.3 is 0 Å². The highest BCUT2D eigenvalue weighted by Crippen LogP contribution is 2.39. The van der Waals surface area contributed by atoms with Gasteiger partial charge in [0.25, 0.3) is 0 Å². The molecular formula is C14H18FNO. The van der Waals surface area contributed by atoms with Crippen molar-refractivity contribution in [3.8, 4) is 5.75 Å². The number of rotatable bonds is 2. The van der Waals surface area contributed by atoms with Gasteiger partial charge in [0.2, 0.25) is 0 Å². The summed E-state index contributed by atoms with van der Waals surface area (Å²) in [6, 6.07) is 5.87. The van der Waals surface area contributed by atoms with Crippen LogP contribution in [-0.4, -0.2) is 19.7 Å². The topological polar surface area (TPSA) is 21.3 Å². The lowest BCUT2D eigenvalue weighted by atomic mass is 9.89. The van der Waals surface area contributed by atoms with Gasteiger partial charge in [-0.05, 0) is 24.9 Å². The highest BCUT2D eigenvalue weighted by molar-refractivity contribution is 5.45. The average Bonchev–Trinajstić information content (AvgIpc) is 2.87. The first kappa shape index (κ1) is 11.0. The first-order valence-electron chi connectivity index (χ1n) is 6.45. The number of hydrogen-bond acceptors (Lipinski definition) is 2. The van der Waals surface area contributed by atoms with Gasteiger partial charge in [-0.25, -0.2) is 4.39 Å². The van der Waals surface area contributed by atoms with Crippen molar-refractivity contribution >= 4 is 0 Å². The van der Waals surface area contributed by atoms with Crippen LogP contribution in [0.5, 0.6) is 5.75 Å². The van der Waals surface area contributed by atoms with E-state index in [-0.39, 0.29) is 5.92 Å². The van der Waals surface area contributed by atoms with E-state index in [9.17, 15) is 4.39 Å². The zero-order chi connectivity index (χ0) is 11.7. The number of alkyl halides is 1. The number of benzene rings is 1. The molecule has 0 aromatic heterocycles. The van der Waals surface area contributed by atoms with E-state index >= 15 is 0 Å². The lowest BCUT2D eigenvalue weighted by Gasteiger charge is -2.26. The van der Waals surface area contributed by atoms with Crippen molar-refractivity contribution in [2.24, 2.45) is 5.92 Å². The van der Waals surface area contributed by atoms with E-state index < -0.39 is 6.17 Å². The number of halogens is 1. The molecule has 0 amide bonds. The van der Waals surface area contributed by atoms with Gasteiger partial charge in [0, 0.05) is 24.4 Å². The molecule has 1 saturated heterocycles. The Balaban J connectivity index is 1.85. The van der Waals surface area contributed by atoms with Gasteiger partial charge in [0.05, 0.1) is 6.61 Å². The summed E-state index contributed by atoms with van der Waals surface area (Å²) in [6.45, 7) is 2.50. The lowest BCUT2D eigenvalue weighted by molar-refractivity contribution is 0.189. The van der Waals surface area contributed by atoms with Gasteiger partial charge in [0.1, 0.15) is 11.9 Å². The number of hydrogen-bond donors (Lipinski definition) is 1. The normalized spacial score (nSPS) is 25.1. The first-order valence-corrected chi connectivity index (χ1v) is 6.45. The molecule has 1 aromatic rings. The molecule has 0 saturated carbocycles. The highest BCUT2D eigenvalue weighted by Gasteiger charge is 2.29. The van der Waals surface area contributed by atoms with Gasteiger partial charge in [-0.1, -0.05) is 18.2 Å². The molecule has 1 aromatic carbocycles. The van der Waals surface area contributed by atoms with E-state index in [1.165, 1.54) is 0 Å². The highest BCUT2D eigenvalue weighted by atomic mass is 19.1. The lowest BCUT2D eigenvalue weighted by Crippen LogP contribution is -2.32. The molecule has 1 fully saturated rings. The Morgan fingerprint density at radius 2 is 2.35 bits per heavy atom.